The van der Waals surface area contributed by atoms with E-state index >= 15 is 0 Å². The summed E-state index contributed by atoms with van der Waals surface area (Å²) >= 11 is 0. The lowest BCUT2D eigenvalue weighted by atomic mass is 10.1. The van der Waals surface area contributed by atoms with Crippen LogP contribution in [0.25, 0.3) is 0 Å². The van der Waals surface area contributed by atoms with Crippen LogP contribution in [0.4, 0.5) is 14.9 Å². The summed E-state index contributed by atoms with van der Waals surface area (Å²) < 4.78 is 13.0. The molecule has 2 fully saturated rings. The first-order valence-corrected chi connectivity index (χ1v) is 6.55. The second kappa shape index (κ2) is 4.59. The SMILES string of the molecule is O=C(Nc1cccc(F)c1)NC(C1CC1)C1CC1. The van der Waals surface area contributed by atoms with Crippen LogP contribution in [0.1, 0.15) is 25.7 Å². The molecular formula is C14H17FN2O. The molecular weight excluding hydrogens is 231 g/mol. The van der Waals surface area contributed by atoms with Gasteiger partial charge in [0.2, 0.25) is 0 Å². The second-order valence-electron chi connectivity index (χ2n) is 5.31. The molecule has 0 atom stereocenters. The van der Waals surface area contributed by atoms with Gasteiger partial charge < -0.3 is 10.6 Å². The Balaban J connectivity index is 1.57. The molecule has 3 nitrogen and oxygen atoms in total. The van der Waals surface area contributed by atoms with Gasteiger partial charge in [-0.15, -0.1) is 0 Å². The van der Waals surface area contributed by atoms with E-state index in [1.807, 2.05) is 0 Å². The van der Waals surface area contributed by atoms with Crippen molar-refractivity contribution in [1.82, 2.24) is 5.32 Å². The minimum atomic E-state index is -0.339. The van der Waals surface area contributed by atoms with Gasteiger partial charge in [0, 0.05) is 11.7 Å². The highest BCUT2D eigenvalue weighted by atomic mass is 19.1. The molecule has 0 bridgehead atoms. The summed E-state index contributed by atoms with van der Waals surface area (Å²) in [4.78, 5) is 11.9. The third-order valence-corrected chi connectivity index (χ3v) is 3.64. The van der Waals surface area contributed by atoms with Gasteiger partial charge in [-0.05, 0) is 55.7 Å². The third-order valence-electron chi connectivity index (χ3n) is 3.64. The maximum Gasteiger partial charge on any atom is 0.319 e. The van der Waals surface area contributed by atoms with Crippen molar-refractivity contribution in [2.45, 2.75) is 31.7 Å². The van der Waals surface area contributed by atoms with Gasteiger partial charge in [0.15, 0.2) is 0 Å². The topological polar surface area (TPSA) is 41.1 Å². The number of anilines is 1. The number of hydrogen-bond donors (Lipinski definition) is 2. The van der Waals surface area contributed by atoms with E-state index in [1.54, 1.807) is 12.1 Å². The lowest BCUT2D eigenvalue weighted by Gasteiger charge is -2.18. The molecule has 0 radical (unpaired) electrons. The molecule has 1 aromatic carbocycles. The van der Waals surface area contributed by atoms with E-state index in [-0.39, 0.29) is 11.8 Å². The first kappa shape index (κ1) is 11.5. The Morgan fingerprint density at radius 2 is 1.89 bits per heavy atom. The summed E-state index contributed by atoms with van der Waals surface area (Å²) in [6, 6.07) is 6.06. The summed E-state index contributed by atoms with van der Waals surface area (Å²) in [7, 11) is 0. The molecule has 0 aliphatic heterocycles. The molecule has 2 amide bonds. The molecule has 3 rings (SSSR count). The Morgan fingerprint density at radius 1 is 1.22 bits per heavy atom. The highest BCUT2D eigenvalue weighted by Gasteiger charge is 2.42. The predicted molar refractivity (Wildman–Crippen MR) is 67.8 cm³/mol. The molecule has 0 spiro atoms. The largest absolute Gasteiger partial charge is 0.335 e. The molecule has 96 valence electrons. The minimum absolute atomic E-state index is 0.218. The Bertz CT molecular complexity index is 443. The molecule has 2 N–H and O–H groups in total. The Labute approximate surface area is 106 Å². The van der Waals surface area contributed by atoms with Crippen molar-refractivity contribution in [2.24, 2.45) is 11.8 Å². The smallest absolute Gasteiger partial charge is 0.319 e. The number of carbonyl (C=O) groups excluding carboxylic acids is 1. The zero-order valence-electron chi connectivity index (χ0n) is 10.2. The van der Waals surface area contributed by atoms with Gasteiger partial charge in [0.05, 0.1) is 0 Å². The van der Waals surface area contributed by atoms with Crippen molar-refractivity contribution < 1.29 is 9.18 Å². The number of benzene rings is 1. The molecule has 0 saturated heterocycles. The zero-order valence-corrected chi connectivity index (χ0v) is 10.2. The second-order valence-corrected chi connectivity index (χ2v) is 5.31. The van der Waals surface area contributed by atoms with E-state index in [1.165, 1.54) is 37.8 Å². The quantitative estimate of drug-likeness (QED) is 0.844. The molecule has 4 heteroatoms. The molecule has 2 aliphatic carbocycles. The number of halogens is 1. The highest BCUT2D eigenvalue weighted by Crippen LogP contribution is 2.44. The standard InChI is InChI=1S/C14H17FN2O/c15-11-2-1-3-12(8-11)16-14(18)17-13(9-4-5-9)10-6-7-10/h1-3,8-10,13H,4-7H2,(H2,16,17,18). The number of nitrogens with one attached hydrogen (secondary N) is 2. The van der Waals surface area contributed by atoms with E-state index in [0.717, 1.165) is 0 Å². The summed E-state index contributed by atoms with van der Waals surface area (Å²) in [5, 5.41) is 5.72. The van der Waals surface area contributed by atoms with E-state index in [4.69, 9.17) is 0 Å². The highest BCUT2D eigenvalue weighted by molar-refractivity contribution is 5.89. The first-order valence-electron chi connectivity index (χ1n) is 6.55. The van der Waals surface area contributed by atoms with Crippen LogP contribution < -0.4 is 10.6 Å². The van der Waals surface area contributed by atoms with Gasteiger partial charge in [-0.2, -0.15) is 0 Å². The van der Waals surface area contributed by atoms with Gasteiger partial charge in [-0.25, -0.2) is 9.18 Å². The molecule has 2 aliphatic rings. The number of amides is 2. The number of rotatable bonds is 4. The summed E-state index contributed by atoms with van der Waals surface area (Å²) in [5.41, 5.74) is 0.498. The van der Waals surface area contributed by atoms with Crippen LogP contribution in [0.5, 0.6) is 0 Å². The van der Waals surface area contributed by atoms with E-state index < -0.39 is 0 Å². The van der Waals surface area contributed by atoms with Crippen molar-refractivity contribution in [3.05, 3.63) is 30.1 Å². The predicted octanol–water partition coefficient (Wildman–Crippen LogP) is 3.14. The Hall–Kier alpha value is -1.58. The maximum atomic E-state index is 13.0. The molecule has 2 saturated carbocycles. The Morgan fingerprint density at radius 3 is 2.44 bits per heavy atom. The fraction of sp³-hybridized carbons (Fsp3) is 0.500. The maximum absolute atomic E-state index is 13.0. The fourth-order valence-corrected chi connectivity index (χ4v) is 2.42. The van der Waals surface area contributed by atoms with Crippen molar-refractivity contribution >= 4 is 11.7 Å². The molecule has 1 aromatic rings. The van der Waals surface area contributed by atoms with Crippen molar-refractivity contribution in [3.8, 4) is 0 Å². The van der Waals surface area contributed by atoms with Crippen LogP contribution in [-0.4, -0.2) is 12.1 Å². The van der Waals surface area contributed by atoms with Crippen LogP contribution in [0.2, 0.25) is 0 Å². The molecule has 0 aromatic heterocycles. The van der Waals surface area contributed by atoms with Crippen molar-refractivity contribution in [3.63, 3.8) is 0 Å². The van der Waals surface area contributed by atoms with Crippen molar-refractivity contribution in [2.75, 3.05) is 5.32 Å². The lowest BCUT2D eigenvalue weighted by Crippen LogP contribution is -2.40. The van der Waals surface area contributed by atoms with Gasteiger partial charge in [-0.1, -0.05) is 6.07 Å². The zero-order chi connectivity index (χ0) is 12.5. The lowest BCUT2D eigenvalue weighted by molar-refractivity contribution is 0.245. The average molecular weight is 248 g/mol. The Kier molecular flexibility index (Phi) is 2.94. The number of urea groups is 1. The fourth-order valence-electron chi connectivity index (χ4n) is 2.42. The number of hydrogen-bond acceptors (Lipinski definition) is 1. The summed E-state index contributed by atoms with van der Waals surface area (Å²) in [6.07, 6.45) is 4.89. The van der Waals surface area contributed by atoms with Crippen LogP contribution in [-0.2, 0) is 0 Å². The number of carbonyl (C=O) groups is 1. The van der Waals surface area contributed by atoms with E-state index in [9.17, 15) is 9.18 Å². The van der Waals surface area contributed by atoms with Crippen LogP contribution >= 0.6 is 0 Å². The van der Waals surface area contributed by atoms with Gasteiger partial charge >= 0.3 is 6.03 Å². The minimum Gasteiger partial charge on any atom is -0.335 e. The van der Waals surface area contributed by atoms with Crippen molar-refractivity contribution in [1.29, 1.82) is 0 Å². The molecule has 0 heterocycles. The van der Waals surface area contributed by atoms with E-state index in [2.05, 4.69) is 10.6 Å². The average Bonchev–Trinajstić information content (AvgIpc) is 3.18. The summed E-state index contributed by atoms with van der Waals surface area (Å²) in [6.45, 7) is 0. The van der Waals surface area contributed by atoms with Gasteiger partial charge in [-0.3, -0.25) is 0 Å². The van der Waals surface area contributed by atoms with E-state index in [0.29, 0.717) is 23.6 Å². The molecule has 18 heavy (non-hydrogen) atoms. The van der Waals surface area contributed by atoms with Crippen LogP contribution in [0.3, 0.4) is 0 Å². The molecule has 0 unspecified atom stereocenters. The third kappa shape index (κ3) is 2.81. The van der Waals surface area contributed by atoms with Crippen LogP contribution in [0, 0.1) is 17.7 Å². The van der Waals surface area contributed by atoms with Gasteiger partial charge in [0.25, 0.3) is 0 Å². The summed E-state index contributed by atoms with van der Waals surface area (Å²) in [5.74, 6) is 0.986. The first-order chi connectivity index (χ1) is 8.72. The van der Waals surface area contributed by atoms with Crippen LogP contribution in [0.15, 0.2) is 24.3 Å². The van der Waals surface area contributed by atoms with Gasteiger partial charge in [0.1, 0.15) is 5.82 Å². The monoisotopic (exact) mass is 248 g/mol. The normalized spacial score (nSPS) is 18.8.